The smallest absolute Gasteiger partial charge is 0.325 e. The van der Waals surface area contributed by atoms with Gasteiger partial charge < -0.3 is 9.84 Å². The van der Waals surface area contributed by atoms with Crippen LogP contribution in [0.3, 0.4) is 0 Å². The van der Waals surface area contributed by atoms with Gasteiger partial charge in [0.15, 0.2) is 0 Å². The molecule has 0 aliphatic heterocycles. The van der Waals surface area contributed by atoms with E-state index >= 15 is 0 Å². The molecule has 2 N–H and O–H groups in total. The summed E-state index contributed by atoms with van der Waals surface area (Å²) in [5.41, 5.74) is 2.40. The van der Waals surface area contributed by atoms with E-state index in [9.17, 15) is 9.90 Å². The minimum Gasteiger partial charge on any atom is -0.481 e. The van der Waals surface area contributed by atoms with Gasteiger partial charge in [-0.1, -0.05) is 30.3 Å². The van der Waals surface area contributed by atoms with Crippen molar-refractivity contribution in [3.05, 3.63) is 47.2 Å². The van der Waals surface area contributed by atoms with Crippen LogP contribution in [-0.4, -0.2) is 28.0 Å². The number of hydrogen-bond acceptors (Lipinski definition) is 4. The van der Waals surface area contributed by atoms with Crippen molar-refractivity contribution in [2.45, 2.75) is 19.5 Å². The first kappa shape index (κ1) is 15.1. The molecule has 0 bridgehead atoms. The van der Waals surface area contributed by atoms with Crippen molar-refractivity contribution in [2.75, 3.05) is 7.11 Å². The first-order valence-electron chi connectivity index (χ1n) is 6.62. The molecule has 0 aliphatic carbocycles. The number of hydrogen-bond donors (Lipinski definition) is 2. The Morgan fingerprint density at radius 2 is 2.10 bits per heavy atom. The van der Waals surface area contributed by atoms with Gasteiger partial charge in [-0.15, -0.1) is 0 Å². The van der Waals surface area contributed by atoms with Crippen molar-refractivity contribution in [1.82, 2.24) is 15.1 Å². The van der Waals surface area contributed by atoms with Crippen LogP contribution in [-0.2, 0) is 18.4 Å². The lowest BCUT2D eigenvalue weighted by molar-refractivity contribution is -0.139. The van der Waals surface area contributed by atoms with Crippen LogP contribution < -0.4 is 10.1 Å². The number of aryl methyl sites for hydroxylation is 2. The lowest BCUT2D eigenvalue weighted by Gasteiger charge is -2.15. The minimum atomic E-state index is -0.915. The molecule has 0 amide bonds. The summed E-state index contributed by atoms with van der Waals surface area (Å²) in [6, 6.07) is 8.32. The molecule has 6 nitrogen and oxygen atoms in total. The second-order valence-electron chi connectivity index (χ2n) is 4.76. The minimum absolute atomic E-state index is 0.370. The van der Waals surface area contributed by atoms with Gasteiger partial charge >= 0.3 is 5.97 Å². The van der Waals surface area contributed by atoms with Crippen LogP contribution >= 0.6 is 0 Å². The average molecular weight is 289 g/mol. The Kier molecular flexibility index (Phi) is 4.59. The fourth-order valence-corrected chi connectivity index (χ4v) is 2.34. The molecule has 0 spiro atoms. The average Bonchev–Trinajstić information content (AvgIpc) is 2.73. The maximum absolute atomic E-state index is 11.5. The summed E-state index contributed by atoms with van der Waals surface area (Å²) >= 11 is 0. The fraction of sp³-hybridized carbons (Fsp3) is 0.333. The lowest BCUT2D eigenvalue weighted by atomic mass is 10.1. The third-order valence-corrected chi connectivity index (χ3v) is 3.34. The Hall–Kier alpha value is -2.34. The van der Waals surface area contributed by atoms with E-state index < -0.39 is 12.0 Å². The van der Waals surface area contributed by atoms with Gasteiger partial charge in [0.2, 0.25) is 5.88 Å². The Morgan fingerprint density at radius 1 is 1.43 bits per heavy atom. The number of nitrogens with zero attached hydrogens (tertiary/aromatic N) is 2. The molecule has 2 rings (SSSR count). The predicted octanol–water partition coefficient (Wildman–Crippen LogP) is 1.65. The highest BCUT2D eigenvalue weighted by Gasteiger charge is 2.21. The van der Waals surface area contributed by atoms with Gasteiger partial charge in [0.1, 0.15) is 6.04 Å². The van der Waals surface area contributed by atoms with E-state index in [1.54, 1.807) is 31.0 Å². The lowest BCUT2D eigenvalue weighted by Crippen LogP contribution is -2.28. The third kappa shape index (κ3) is 3.22. The molecule has 1 aromatic carbocycles. The molecule has 0 radical (unpaired) electrons. The van der Waals surface area contributed by atoms with E-state index in [4.69, 9.17) is 4.74 Å². The molecular weight excluding hydrogens is 270 g/mol. The number of carbonyl (C=O) groups is 1. The van der Waals surface area contributed by atoms with Gasteiger partial charge in [-0.25, -0.2) is 4.68 Å². The van der Waals surface area contributed by atoms with Crippen molar-refractivity contribution in [3.8, 4) is 5.88 Å². The normalized spacial score (nSPS) is 12.1. The van der Waals surface area contributed by atoms with Crippen LogP contribution in [0.25, 0.3) is 0 Å². The van der Waals surface area contributed by atoms with Gasteiger partial charge in [0.25, 0.3) is 0 Å². The monoisotopic (exact) mass is 289 g/mol. The van der Waals surface area contributed by atoms with Crippen molar-refractivity contribution >= 4 is 5.97 Å². The van der Waals surface area contributed by atoms with Crippen LogP contribution in [0.1, 0.15) is 22.9 Å². The number of aliphatic carboxylic acids is 1. The SMILES string of the molecule is COc1c(CNC(C(=O)O)c2ccccc2)c(C)nn1C. The van der Waals surface area contributed by atoms with E-state index in [-0.39, 0.29) is 0 Å². The van der Waals surface area contributed by atoms with Crippen LogP contribution in [0.4, 0.5) is 0 Å². The molecule has 1 atom stereocenters. The number of aromatic nitrogens is 2. The summed E-state index contributed by atoms with van der Waals surface area (Å²) in [5, 5.41) is 16.7. The molecule has 0 fully saturated rings. The maximum atomic E-state index is 11.5. The molecule has 0 saturated heterocycles. The van der Waals surface area contributed by atoms with Crippen molar-refractivity contribution < 1.29 is 14.6 Å². The number of ether oxygens (including phenoxy) is 1. The standard InChI is InChI=1S/C15H19N3O3/c1-10-12(14(21-3)18(2)17-10)9-16-13(15(19)20)11-7-5-4-6-8-11/h4-8,13,16H,9H2,1-3H3,(H,19,20). The molecule has 1 aromatic heterocycles. The van der Waals surface area contributed by atoms with E-state index in [1.165, 1.54) is 0 Å². The quantitative estimate of drug-likeness (QED) is 0.845. The van der Waals surface area contributed by atoms with Gasteiger partial charge in [0, 0.05) is 13.6 Å². The van der Waals surface area contributed by atoms with E-state index in [1.807, 2.05) is 25.1 Å². The highest BCUT2D eigenvalue weighted by molar-refractivity contribution is 5.75. The zero-order valence-corrected chi connectivity index (χ0v) is 12.3. The van der Waals surface area contributed by atoms with Crippen LogP contribution in [0.15, 0.2) is 30.3 Å². The Morgan fingerprint density at radius 3 is 2.67 bits per heavy atom. The number of carboxylic acid groups (broad SMARTS) is 1. The summed E-state index contributed by atoms with van der Waals surface area (Å²) < 4.78 is 6.95. The Balaban J connectivity index is 2.19. The molecule has 1 heterocycles. The molecule has 6 heteroatoms. The summed E-state index contributed by atoms with van der Waals surface area (Å²) in [5.74, 6) is -0.279. The van der Waals surface area contributed by atoms with Gasteiger partial charge in [-0.3, -0.25) is 10.1 Å². The highest BCUT2D eigenvalue weighted by atomic mass is 16.5. The Bertz CT molecular complexity index is 623. The molecule has 21 heavy (non-hydrogen) atoms. The number of nitrogens with one attached hydrogen (secondary N) is 1. The first-order valence-corrected chi connectivity index (χ1v) is 6.62. The predicted molar refractivity (Wildman–Crippen MR) is 78.2 cm³/mol. The molecular formula is C15H19N3O3. The summed E-state index contributed by atoms with van der Waals surface area (Å²) in [7, 11) is 3.37. The van der Waals surface area contributed by atoms with Gasteiger partial charge in [0.05, 0.1) is 18.4 Å². The summed E-state index contributed by atoms with van der Waals surface area (Å²) in [6.45, 7) is 2.24. The van der Waals surface area contributed by atoms with Crippen molar-refractivity contribution in [1.29, 1.82) is 0 Å². The van der Waals surface area contributed by atoms with E-state index in [2.05, 4.69) is 10.4 Å². The Labute approximate surface area is 123 Å². The van der Waals surface area contributed by atoms with Crippen LogP contribution in [0, 0.1) is 6.92 Å². The number of methoxy groups -OCH3 is 1. The fourth-order valence-electron chi connectivity index (χ4n) is 2.34. The van der Waals surface area contributed by atoms with Crippen molar-refractivity contribution in [2.24, 2.45) is 7.05 Å². The molecule has 0 aliphatic rings. The maximum Gasteiger partial charge on any atom is 0.325 e. The first-order chi connectivity index (χ1) is 10.0. The number of carboxylic acids is 1. The van der Waals surface area contributed by atoms with Gasteiger partial charge in [-0.2, -0.15) is 5.10 Å². The second kappa shape index (κ2) is 6.41. The number of rotatable bonds is 6. The summed E-state index contributed by atoms with van der Waals surface area (Å²) in [6.07, 6.45) is 0. The topological polar surface area (TPSA) is 76.4 Å². The highest BCUT2D eigenvalue weighted by Crippen LogP contribution is 2.22. The van der Waals surface area contributed by atoms with Gasteiger partial charge in [-0.05, 0) is 12.5 Å². The molecule has 2 aromatic rings. The van der Waals surface area contributed by atoms with E-state index in [0.29, 0.717) is 18.0 Å². The van der Waals surface area contributed by atoms with E-state index in [0.717, 1.165) is 11.3 Å². The third-order valence-electron chi connectivity index (χ3n) is 3.34. The molecule has 1 unspecified atom stereocenters. The zero-order valence-electron chi connectivity index (χ0n) is 12.3. The zero-order chi connectivity index (χ0) is 15.4. The number of benzene rings is 1. The summed E-state index contributed by atoms with van der Waals surface area (Å²) in [4.78, 5) is 11.5. The van der Waals surface area contributed by atoms with Crippen LogP contribution in [0.2, 0.25) is 0 Å². The largest absolute Gasteiger partial charge is 0.481 e. The van der Waals surface area contributed by atoms with Crippen molar-refractivity contribution in [3.63, 3.8) is 0 Å². The molecule has 0 saturated carbocycles. The van der Waals surface area contributed by atoms with Crippen LogP contribution in [0.5, 0.6) is 5.88 Å². The molecule has 112 valence electrons. The second-order valence-corrected chi connectivity index (χ2v) is 4.76.